The summed E-state index contributed by atoms with van der Waals surface area (Å²) >= 11 is 0. The highest BCUT2D eigenvalue weighted by Gasteiger charge is 2.51. The van der Waals surface area contributed by atoms with Crippen LogP contribution in [0.25, 0.3) is 11.3 Å². The molecule has 1 aliphatic heterocycles. The van der Waals surface area contributed by atoms with E-state index in [2.05, 4.69) is 22.9 Å². The molecule has 34 heavy (non-hydrogen) atoms. The fourth-order valence-electron chi connectivity index (χ4n) is 5.38. The van der Waals surface area contributed by atoms with Crippen molar-refractivity contribution in [3.05, 3.63) is 53.6 Å². The highest BCUT2D eigenvalue weighted by molar-refractivity contribution is 7.92. The maximum Gasteiger partial charge on any atom is 0.266 e. The number of nitrogens with zero attached hydrogens (tertiary/aromatic N) is 2. The van der Waals surface area contributed by atoms with E-state index in [1.165, 1.54) is 18.7 Å². The van der Waals surface area contributed by atoms with E-state index in [1.807, 2.05) is 17.0 Å². The van der Waals surface area contributed by atoms with Crippen molar-refractivity contribution in [3.8, 4) is 17.1 Å². The van der Waals surface area contributed by atoms with Crippen molar-refractivity contribution in [2.75, 3.05) is 16.7 Å². The van der Waals surface area contributed by atoms with Crippen molar-refractivity contribution in [2.24, 2.45) is 0 Å². The number of rotatable bonds is 5. The third kappa shape index (κ3) is 3.14. The molecule has 3 aromatic rings. The van der Waals surface area contributed by atoms with Crippen LogP contribution in [0.3, 0.4) is 0 Å². The van der Waals surface area contributed by atoms with Gasteiger partial charge < -0.3 is 14.2 Å². The molecule has 1 spiro atoms. The minimum absolute atomic E-state index is 0.0374. The van der Waals surface area contributed by atoms with Crippen LogP contribution in [0.5, 0.6) is 5.75 Å². The first-order chi connectivity index (χ1) is 16.3. The molecule has 2 aliphatic carbocycles. The van der Waals surface area contributed by atoms with Crippen LogP contribution in [0.2, 0.25) is 0 Å². The van der Waals surface area contributed by atoms with Gasteiger partial charge in [0.05, 0.1) is 7.11 Å². The summed E-state index contributed by atoms with van der Waals surface area (Å²) in [7, 11) is -2.51. The highest BCUT2D eigenvalue weighted by Crippen LogP contribution is 2.59. The van der Waals surface area contributed by atoms with Crippen LogP contribution >= 0.6 is 0 Å². The quantitative estimate of drug-likeness (QED) is 0.587. The molecular formula is C25H25N3O5S. The van der Waals surface area contributed by atoms with E-state index in [4.69, 9.17) is 9.26 Å². The van der Waals surface area contributed by atoms with Crippen LogP contribution in [0.15, 0.2) is 51.9 Å². The smallest absolute Gasteiger partial charge is 0.266 e. The van der Waals surface area contributed by atoms with Crippen molar-refractivity contribution in [1.82, 2.24) is 5.16 Å². The zero-order valence-corrected chi connectivity index (χ0v) is 19.8. The Balaban J connectivity index is 1.42. The summed E-state index contributed by atoms with van der Waals surface area (Å²) in [5.74, 6) is 1.14. The molecule has 1 aromatic heterocycles. The predicted molar refractivity (Wildman–Crippen MR) is 127 cm³/mol. The molecule has 2 aromatic carbocycles. The maximum absolute atomic E-state index is 13.2. The standard InChI is InChI=1S/C25H25N3O5S/c1-15-7-10-22(29)28(15)16-8-9-19-17(13-16)23-18(14-25(19)11-12-25)24(26-33-23)27-34(30,31)21-6-4-3-5-20(21)32-2/h3-6,8-9,13,15H,7,10-12,14H2,1-2H3,(H,26,27)/t15-/m1/s1. The number of hydrogen-bond acceptors (Lipinski definition) is 6. The number of benzene rings is 2. The Kier molecular flexibility index (Phi) is 4.58. The number of amides is 1. The Morgan fingerprint density at radius 2 is 2.00 bits per heavy atom. The Morgan fingerprint density at radius 1 is 1.21 bits per heavy atom. The molecule has 2 fully saturated rings. The summed E-state index contributed by atoms with van der Waals surface area (Å²) in [5.41, 5.74) is 3.61. The molecule has 0 radical (unpaired) electrons. The van der Waals surface area contributed by atoms with Crippen molar-refractivity contribution in [3.63, 3.8) is 0 Å². The fraction of sp³-hybridized carbons (Fsp3) is 0.360. The van der Waals surface area contributed by atoms with Gasteiger partial charge in [-0.3, -0.25) is 9.52 Å². The molecule has 0 unspecified atom stereocenters. The SMILES string of the molecule is COc1ccccc1S(=O)(=O)Nc1noc2c1CC1(CC1)c1ccc(N3C(=O)CC[C@H]3C)cc1-2. The number of fused-ring (bicyclic) bond motifs is 4. The van der Waals surface area contributed by atoms with E-state index in [0.717, 1.165) is 36.1 Å². The molecule has 176 valence electrons. The summed E-state index contributed by atoms with van der Waals surface area (Å²) in [6.45, 7) is 2.05. The number of nitrogens with one attached hydrogen (secondary N) is 1. The minimum Gasteiger partial charge on any atom is -0.495 e. The van der Waals surface area contributed by atoms with Crippen LogP contribution < -0.4 is 14.4 Å². The maximum atomic E-state index is 13.2. The van der Waals surface area contributed by atoms with E-state index in [0.29, 0.717) is 18.6 Å². The molecule has 8 nitrogen and oxygen atoms in total. The third-order valence-electron chi connectivity index (χ3n) is 7.33. The number of carbonyl (C=O) groups excluding carboxylic acids is 1. The third-order valence-corrected chi connectivity index (χ3v) is 8.71. The van der Waals surface area contributed by atoms with Gasteiger partial charge in [-0.05, 0) is 62.4 Å². The Bertz CT molecular complexity index is 1420. The van der Waals surface area contributed by atoms with Crippen molar-refractivity contribution >= 4 is 27.4 Å². The Hall–Kier alpha value is -3.33. The summed E-state index contributed by atoms with van der Waals surface area (Å²) in [5, 5.41) is 4.13. The van der Waals surface area contributed by atoms with Crippen molar-refractivity contribution < 1.29 is 22.5 Å². The summed E-state index contributed by atoms with van der Waals surface area (Å²) in [6, 6.07) is 12.7. The normalized spacial score (nSPS) is 20.2. The number of carbonyl (C=O) groups is 1. The average molecular weight is 480 g/mol. The van der Waals surface area contributed by atoms with E-state index in [1.54, 1.807) is 18.2 Å². The lowest BCUT2D eigenvalue weighted by atomic mass is 9.79. The molecule has 1 N–H and O–H groups in total. The first-order valence-corrected chi connectivity index (χ1v) is 12.9. The van der Waals surface area contributed by atoms with Crippen LogP contribution in [0.4, 0.5) is 11.5 Å². The minimum atomic E-state index is -3.94. The summed E-state index contributed by atoms with van der Waals surface area (Å²) in [4.78, 5) is 14.4. The summed E-state index contributed by atoms with van der Waals surface area (Å²) in [6.07, 6.45) is 4.07. The number of anilines is 2. The van der Waals surface area contributed by atoms with Gasteiger partial charge in [-0.25, -0.2) is 8.42 Å². The molecule has 1 saturated carbocycles. The van der Waals surface area contributed by atoms with Crippen LogP contribution in [0.1, 0.15) is 43.7 Å². The lowest BCUT2D eigenvalue weighted by Gasteiger charge is -2.28. The van der Waals surface area contributed by atoms with E-state index in [9.17, 15) is 13.2 Å². The molecular weight excluding hydrogens is 454 g/mol. The first kappa shape index (κ1) is 21.2. The topological polar surface area (TPSA) is 102 Å². The number of para-hydroxylation sites is 1. The van der Waals surface area contributed by atoms with E-state index in [-0.39, 0.29) is 33.8 Å². The van der Waals surface area contributed by atoms with Crippen LogP contribution in [-0.4, -0.2) is 32.6 Å². The molecule has 6 rings (SSSR count). The van der Waals surface area contributed by atoms with Gasteiger partial charge in [-0.15, -0.1) is 0 Å². The van der Waals surface area contributed by atoms with E-state index < -0.39 is 10.0 Å². The summed E-state index contributed by atoms with van der Waals surface area (Å²) < 4.78 is 39.9. The van der Waals surface area contributed by atoms with Gasteiger partial charge in [0.25, 0.3) is 10.0 Å². The lowest BCUT2D eigenvalue weighted by molar-refractivity contribution is -0.117. The van der Waals surface area contributed by atoms with E-state index >= 15 is 0 Å². The van der Waals surface area contributed by atoms with Gasteiger partial charge in [-0.1, -0.05) is 23.4 Å². The zero-order chi connectivity index (χ0) is 23.7. The van der Waals surface area contributed by atoms with Crippen LogP contribution in [-0.2, 0) is 26.7 Å². The van der Waals surface area contributed by atoms with Gasteiger partial charge in [0.1, 0.15) is 10.6 Å². The van der Waals surface area contributed by atoms with Gasteiger partial charge in [0.15, 0.2) is 11.6 Å². The molecule has 3 aliphatic rings. The van der Waals surface area contributed by atoms with Crippen molar-refractivity contribution in [2.45, 2.75) is 55.4 Å². The largest absolute Gasteiger partial charge is 0.495 e. The fourth-order valence-corrected chi connectivity index (χ4v) is 6.58. The molecule has 1 atom stereocenters. The second kappa shape index (κ2) is 7.33. The zero-order valence-electron chi connectivity index (χ0n) is 19.0. The van der Waals surface area contributed by atoms with Crippen molar-refractivity contribution in [1.29, 1.82) is 0 Å². The molecule has 2 heterocycles. The second-order valence-electron chi connectivity index (χ2n) is 9.43. The molecule has 1 amide bonds. The number of ether oxygens (including phenoxy) is 1. The Labute approximate surface area is 197 Å². The number of hydrogen-bond donors (Lipinski definition) is 1. The first-order valence-electron chi connectivity index (χ1n) is 11.4. The molecule has 0 bridgehead atoms. The number of sulfonamides is 1. The number of aromatic nitrogens is 1. The van der Waals surface area contributed by atoms with Gasteiger partial charge in [0.2, 0.25) is 5.91 Å². The predicted octanol–water partition coefficient (Wildman–Crippen LogP) is 4.25. The highest BCUT2D eigenvalue weighted by atomic mass is 32.2. The van der Waals surface area contributed by atoms with Gasteiger partial charge in [0, 0.05) is 34.7 Å². The Morgan fingerprint density at radius 3 is 2.71 bits per heavy atom. The van der Waals surface area contributed by atoms with Gasteiger partial charge >= 0.3 is 0 Å². The van der Waals surface area contributed by atoms with Crippen LogP contribution in [0, 0.1) is 0 Å². The molecule has 1 saturated heterocycles. The molecule has 9 heteroatoms. The number of methoxy groups -OCH3 is 1. The monoisotopic (exact) mass is 479 g/mol. The second-order valence-corrected chi connectivity index (χ2v) is 11.1. The van der Waals surface area contributed by atoms with Gasteiger partial charge in [-0.2, -0.15) is 0 Å². The average Bonchev–Trinajstić information content (AvgIpc) is 3.37. The lowest BCUT2D eigenvalue weighted by Crippen LogP contribution is -2.31.